The van der Waals surface area contributed by atoms with Crippen molar-refractivity contribution in [1.82, 2.24) is 15.8 Å². The summed E-state index contributed by atoms with van der Waals surface area (Å²) in [6.45, 7) is 6.08. The molecule has 1 aromatic rings. The second kappa shape index (κ2) is 9.60. The van der Waals surface area contributed by atoms with E-state index in [4.69, 9.17) is 21.1 Å². The summed E-state index contributed by atoms with van der Waals surface area (Å²) in [6, 6.07) is 6.67. The fourth-order valence-corrected chi connectivity index (χ4v) is 2.77. The number of carbonyl (C=O) groups is 2. The van der Waals surface area contributed by atoms with Crippen molar-refractivity contribution in [2.24, 2.45) is 0 Å². The van der Waals surface area contributed by atoms with Crippen molar-refractivity contribution in [2.75, 3.05) is 26.2 Å². The highest BCUT2D eigenvalue weighted by atomic mass is 35.5. The summed E-state index contributed by atoms with van der Waals surface area (Å²) < 4.78 is 10.9. The van der Waals surface area contributed by atoms with E-state index in [1.807, 2.05) is 13.8 Å². The number of benzene rings is 1. The lowest BCUT2D eigenvalue weighted by atomic mass is 10.2. The van der Waals surface area contributed by atoms with Crippen LogP contribution in [-0.4, -0.2) is 55.2 Å². The Morgan fingerprint density at radius 1 is 1.16 bits per heavy atom. The molecule has 7 nitrogen and oxygen atoms in total. The van der Waals surface area contributed by atoms with Gasteiger partial charge in [0.15, 0.2) is 6.61 Å². The van der Waals surface area contributed by atoms with Gasteiger partial charge in [-0.2, -0.15) is 0 Å². The predicted octanol–water partition coefficient (Wildman–Crippen LogP) is 1.37. The maximum Gasteiger partial charge on any atom is 0.276 e. The molecular weight excluding hydrogens is 346 g/mol. The van der Waals surface area contributed by atoms with Gasteiger partial charge in [0, 0.05) is 31.1 Å². The fraction of sp³-hybridized carbons (Fsp3) is 0.529. The lowest BCUT2D eigenvalue weighted by molar-refractivity contribution is -0.130. The van der Waals surface area contributed by atoms with Gasteiger partial charge in [0.25, 0.3) is 5.91 Å². The quantitative estimate of drug-likeness (QED) is 0.740. The van der Waals surface area contributed by atoms with Gasteiger partial charge in [-0.05, 0) is 38.1 Å². The number of nitrogens with one attached hydrogen (secondary N) is 2. The van der Waals surface area contributed by atoms with Crippen LogP contribution in [0.25, 0.3) is 0 Å². The number of amides is 2. The van der Waals surface area contributed by atoms with E-state index >= 15 is 0 Å². The molecule has 8 heteroatoms. The average molecular weight is 370 g/mol. The molecule has 1 saturated heterocycles. The normalized spacial score (nSPS) is 20.8. The smallest absolute Gasteiger partial charge is 0.276 e. The molecule has 0 aromatic heterocycles. The molecular formula is C17H24ClN3O4. The molecule has 0 radical (unpaired) electrons. The first-order valence-corrected chi connectivity index (χ1v) is 8.64. The van der Waals surface area contributed by atoms with Crippen molar-refractivity contribution in [3.63, 3.8) is 0 Å². The maximum absolute atomic E-state index is 11.8. The van der Waals surface area contributed by atoms with Gasteiger partial charge < -0.3 is 9.47 Å². The van der Waals surface area contributed by atoms with Gasteiger partial charge in [0.2, 0.25) is 5.91 Å². The molecule has 138 valence electrons. The van der Waals surface area contributed by atoms with Crippen LogP contribution < -0.4 is 15.6 Å². The summed E-state index contributed by atoms with van der Waals surface area (Å²) in [5.74, 6) is -0.148. The Morgan fingerprint density at radius 3 is 2.40 bits per heavy atom. The zero-order valence-electron chi connectivity index (χ0n) is 14.5. The minimum absolute atomic E-state index is 0.163. The highest BCUT2D eigenvalue weighted by Crippen LogP contribution is 2.15. The minimum atomic E-state index is -0.433. The van der Waals surface area contributed by atoms with Crippen molar-refractivity contribution in [2.45, 2.75) is 32.5 Å². The SMILES string of the molecule is C[C@@H]1CN(CCC(=O)NNC(=O)COc2ccc(Cl)cc2)C[C@H](C)O1. The third-order valence-corrected chi connectivity index (χ3v) is 3.93. The van der Waals surface area contributed by atoms with Crippen molar-refractivity contribution >= 4 is 23.4 Å². The Labute approximate surface area is 152 Å². The third-order valence-electron chi connectivity index (χ3n) is 3.68. The van der Waals surface area contributed by atoms with Crippen LogP contribution in [-0.2, 0) is 14.3 Å². The van der Waals surface area contributed by atoms with Gasteiger partial charge in [-0.1, -0.05) is 11.6 Å². The largest absolute Gasteiger partial charge is 0.484 e. The number of hydrogen-bond donors (Lipinski definition) is 2. The Hall–Kier alpha value is -1.83. The molecule has 0 saturated carbocycles. The molecule has 0 spiro atoms. The van der Waals surface area contributed by atoms with Crippen molar-refractivity contribution in [3.05, 3.63) is 29.3 Å². The first kappa shape index (κ1) is 19.5. The van der Waals surface area contributed by atoms with Gasteiger partial charge in [-0.3, -0.25) is 25.3 Å². The number of hydrogen-bond acceptors (Lipinski definition) is 5. The minimum Gasteiger partial charge on any atom is -0.484 e. The van der Waals surface area contributed by atoms with Crippen molar-refractivity contribution in [3.8, 4) is 5.75 Å². The number of rotatable bonds is 6. The van der Waals surface area contributed by atoms with E-state index in [-0.39, 0.29) is 24.7 Å². The zero-order valence-corrected chi connectivity index (χ0v) is 15.2. The van der Waals surface area contributed by atoms with Gasteiger partial charge in [-0.25, -0.2) is 0 Å². The van der Waals surface area contributed by atoms with E-state index in [1.165, 1.54) is 0 Å². The predicted molar refractivity (Wildman–Crippen MR) is 94.3 cm³/mol. The molecule has 1 fully saturated rings. The second-order valence-corrected chi connectivity index (χ2v) is 6.54. The van der Waals surface area contributed by atoms with Gasteiger partial charge >= 0.3 is 0 Å². The molecule has 1 aliphatic heterocycles. The lowest BCUT2D eigenvalue weighted by Gasteiger charge is -2.35. The first-order chi connectivity index (χ1) is 11.9. The Kier molecular flexibility index (Phi) is 7.49. The fourth-order valence-electron chi connectivity index (χ4n) is 2.64. The standard InChI is InChI=1S/C17H24ClN3O4/c1-12-9-21(10-13(2)25-12)8-7-16(22)19-20-17(23)11-24-15-5-3-14(18)4-6-15/h3-6,12-13H,7-11H2,1-2H3,(H,19,22)(H,20,23)/t12-,13+. The molecule has 2 N–H and O–H groups in total. The highest BCUT2D eigenvalue weighted by molar-refractivity contribution is 6.30. The van der Waals surface area contributed by atoms with E-state index in [0.717, 1.165) is 13.1 Å². The third kappa shape index (κ3) is 7.29. The van der Waals surface area contributed by atoms with E-state index in [2.05, 4.69) is 15.8 Å². The molecule has 2 amide bonds. The van der Waals surface area contributed by atoms with Crippen LogP contribution in [0.3, 0.4) is 0 Å². The van der Waals surface area contributed by atoms with Crippen LogP contribution in [0.5, 0.6) is 5.75 Å². The summed E-state index contributed by atoms with van der Waals surface area (Å²) in [6.07, 6.45) is 0.630. The van der Waals surface area contributed by atoms with Crippen LogP contribution in [0, 0.1) is 0 Å². The molecule has 2 rings (SSSR count). The van der Waals surface area contributed by atoms with Gasteiger partial charge in [0.1, 0.15) is 5.75 Å². The monoisotopic (exact) mass is 369 g/mol. The van der Waals surface area contributed by atoms with E-state index < -0.39 is 5.91 Å². The maximum atomic E-state index is 11.8. The van der Waals surface area contributed by atoms with Gasteiger partial charge in [0.05, 0.1) is 12.2 Å². The molecule has 0 unspecified atom stereocenters. The molecule has 1 aromatic carbocycles. The Morgan fingerprint density at radius 2 is 1.76 bits per heavy atom. The summed E-state index contributed by atoms with van der Waals surface area (Å²) in [5.41, 5.74) is 4.73. The average Bonchev–Trinajstić information content (AvgIpc) is 2.57. The number of halogens is 1. The van der Waals surface area contributed by atoms with Crippen LogP contribution in [0.2, 0.25) is 5.02 Å². The summed E-state index contributed by atoms with van der Waals surface area (Å²) in [7, 11) is 0. The molecule has 1 aliphatic rings. The Bertz CT molecular complexity index is 572. The number of ether oxygens (including phenoxy) is 2. The number of hydrazine groups is 1. The highest BCUT2D eigenvalue weighted by Gasteiger charge is 2.22. The summed E-state index contributed by atoms with van der Waals surface area (Å²) in [5, 5.41) is 0.591. The van der Waals surface area contributed by atoms with Crippen LogP contribution in [0.4, 0.5) is 0 Å². The van der Waals surface area contributed by atoms with Crippen LogP contribution in [0.1, 0.15) is 20.3 Å². The molecule has 25 heavy (non-hydrogen) atoms. The van der Waals surface area contributed by atoms with E-state index in [1.54, 1.807) is 24.3 Å². The Balaban J connectivity index is 1.60. The second-order valence-electron chi connectivity index (χ2n) is 6.11. The topological polar surface area (TPSA) is 79.9 Å². The van der Waals surface area contributed by atoms with E-state index in [0.29, 0.717) is 23.7 Å². The summed E-state index contributed by atoms with van der Waals surface area (Å²) >= 11 is 5.77. The summed E-state index contributed by atoms with van der Waals surface area (Å²) in [4.78, 5) is 25.7. The first-order valence-electron chi connectivity index (χ1n) is 8.26. The lowest BCUT2D eigenvalue weighted by Crippen LogP contribution is -2.48. The number of carbonyl (C=O) groups excluding carboxylic acids is 2. The molecule has 2 atom stereocenters. The molecule has 0 bridgehead atoms. The number of morpholine rings is 1. The van der Waals surface area contributed by atoms with Crippen LogP contribution >= 0.6 is 11.6 Å². The zero-order chi connectivity index (χ0) is 18.2. The van der Waals surface area contributed by atoms with Crippen LogP contribution in [0.15, 0.2) is 24.3 Å². The molecule has 0 aliphatic carbocycles. The van der Waals surface area contributed by atoms with E-state index in [9.17, 15) is 9.59 Å². The molecule has 1 heterocycles. The van der Waals surface area contributed by atoms with Crippen molar-refractivity contribution in [1.29, 1.82) is 0 Å². The van der Waals surface area contributed by atoms with Crippen molar-refractivity contribution < 1.29 is 19.1 Å². The van der Waals surface area contributed by atoms with Gasteiger partial charge in [-0.15, -0.1) is 0 Å². The number of nitrogens with zero attached hydrogens (tertiary/aromatic N) is 1.